The number of nitrogens with zero attached hydrogens (tertiary/aromatic N) is 1. The SMILES string of the molecule is C=C(C)CN1C(=S)NC2CC1(C)Oc1c(Br)cc(O)cc12. The average Bonchev–Trinajstić information content (AvgIpc) is 2.36. The molecule has 4 nitrogen and oxygen atoms in total. The number of phenols is 1. The number of halogens is 1. The van der Waals surface area contributed by atoms with Crippen LogP contribution in [0.2, 0.25) is 0 Å². The van der Waals surface area contributed by atoms with Gasteiger partial charge in [0.05, 0.1) is 10.5 Å². The van der Waals surface area contributed by atoms with Crippen LogP contribution < -0.4 is 10.1 Å². The van der Waals surface area contributed by atoms with Crippen molar-refractivity contribution in [3.63, 3.8) is 0 Å². The van der Waals surface area contributed by atoms with Crippen molar-refractivity contribution in [3.05, 3.63) is 34.3 Å². The maximum absolute atomic E-state index is 9.80. The molecule has 1 aromatic rings. The molecule has 112 valence electrons. The lowest BCUT2D eigenvalue weighted by molar-refractivity contribution is -0.0648. The molecule has 0 amide bonds. The molecule has 0 radical (unpaired) electrons. The normalized spacial score (nSPS) is 26.7. The van der Waals surface area contributed by atoms with Crippen LogP contribution in [0.15, 0.2) is 28.8 Å². The van der Waals surface area contributed by atoms with Crippen molar-refractivity contribution in [2.75, 3.05) is 6.54 Å². The van der Waals surface area contributed by atoms with Crippen LogP contribution in [0.25, 0.3) is 0 Å². The fraction of sp³-hybridized carbons (Fsp3) is 0.400. The first-order chi connectivity index (χ1) is 9.80. The first-order valence-electron chi connectivity index (χ1n) is 6.74. The van der Waals surface area contributed by atoms with Crippen molar-refractivity contribution in [3.8, 4) is 11.5 Å². The molecule has 6 heteroatoms. The lowest BCUT2D eigenvalue weighted by atomic mass is 9.90. The summed E-state index contributed by atoms with van der Waals surface area (Å²) in [5, 5.41) is 13.8. The monoisotopic (exact) mass is 368 g/mol. The molecule has 2 unspecified atom stereocenters. The smallest absolute Gasteiger partial charge is 0.184 e. The predicted molar refractivity (Wildman–Crippen MR) is 89.5 cm³/mol. The quantitative estimate of drug-likeness (QED) is 0.618. The number of nitrogens with one attached hydrogen (secondary N) is 1. The van der Waals surface area contributed by atoms with Crippen LogP contribution in [-0.2, 0) is 0 Å². The summed E-state index contributed by atoms with van der Waals surface area (Å²) >= 11 is 8.96. The van der Waals surface area contributed by atoms with Gasteiger partial charge in [0.15, 0.2) is 10.8 Å². The largest absolute Gasteiger partial charge is 0.508 e. The molecule has 2 aliphatic rings. The number of hydrogen-bond donors (Lipinski definition) is 2. The highest BCUT2D eigenvalue weighted by atomic mass is 79.9. The van der Waals surface area contributed by atoms with Crippen molar-refractivity contribution in [1.29, 1.82) is 0 Å². The number of ether oxygens (including phenoxy) is 1. The fourth-order valence-corrected chi connectivity index (χ4v) is 3.91. The molecule has 1 fully saturated rings. The lowest BCUT2D eigenvalue weighted by Crippen LogP contribution is -2.64. The molecule has 1 saturated heterocycles. The van der Waals surface area contributed by atoms with E-state index in [1.54, 1.807) is 12.1 Å². The van der Waals surface area contributed by atoms with Gasteiger partial charge in [-0.15, -0.1) is 0 Å². The maximum Gasteiger partial charge on any atom is 0.184 e. The molecule has 2 bridgehead atoms. The van der Waals surface area contributed by atoms with Crippen molar-refractivity contribution in [1.82, 2.24) is 10.2 Å². The van der Waals surface area contributed by atoms with Crippen LogP contribution in [0, 0.1) is 0 Å². The van der Waals surface area contributed by atoms with E-state index >= 15 is 0 Å². The van der Waals surface area contributed by atoms with Crippen LogP contribution in [0.4, 0.5) is 0 Å². The molecule has 2 N–H and O–H groups in total. The number of aromatic hydroxyl groups is 1. The molecule has 0 aromatic heterocycles. The molecule has 2 aliphatic heterocycles. The number of benzene rings is 1. The van der Waals surface area contributed by atoms with Crippen LogP contribution >= 0.6 is 28.1 Å². The summed E-state index contributed by atoms with van der Waals surface area (Å²) in [6, 6.07) is 3.41. The van der Waals surface area contributed by atoms with E-state index in [9.17, 15) is 5.11 Å². The highest BCUT2D eigenvalue weighted by Gasteiger charge is 2.48. The Balaban J connectivity index is 2.07. The van der Waals surface area contributed by atoms with E-state index in [1.165, 1.54) is 0 Å². The zero-order valence-electron chi connectivity index (χ0n) is 11.9. The Morgan fingerprint density at radius 2 is 2.38 bits per heavy atom. The molecule has 2 atom stereocenters. The van der Waals surface area contributed by atoms with Crippen LogP contribution in [0.5, 0.6) is 11.5 Å². The van der Waals surface area contributed by atoms with E-state index < -0.39 is 5.72 Å². The van der Waals surface area contributed by atoms with Gasteiger partial charge in [-0.25, -0.2) is 0 Å². The minimum absolute atomic E-state index is 0.0380. The Bertz CT molecular complexity index is 649. The first-order valence-corrected chi connectivity index (χ1v) is 7.94. The third kappa shape index (κ3) is 2.40. The summed E-state index contributed by atoms with van der Waals surface area (Å²) in [6.07, 6.45) is 0.753. The van der Waals surface area contributed by atoms with Crippen LogP contribution in [0.3, 0.4) is 0 Å². The predicted octanol–water partition coefficient (Wildman–Crippen LogP) is 3.46. The van der Waals surface area contributed by atoms with E-state index in [1.807, 2.05) is 18.7 Å². The summed E-state index contributed by atoms with van der Waals surface area (Å²) < 4.78 is 7.01. The second-order valence-electron chi connectivity index (χ2n) is 5.87. The molecule has 3 rings (SSSR count). The fourth-order valence-electron chi connectivity index (χ4n) is 2.96. The Morgan fingerprint density at radius 1 is 1.67 bits per heavy atom. The molecular weight excluding hydrogens is 352 g/mol. The van der Waals surface area contributed by atoms with Gasteiger partial charge in [-0.2, -0.15) is 0 Å². The summed E-state index contributed by atoms with van der Waals surface area (Å²) in [7, 11) is 0. The van der Waals surface area contributed by atoms with Crippen LogP contribution in [0.1, 0.15) is 31.9 Å². The highest BCUT2D eigenvalue weighted by molar-refractivity contribution is 9.10. The van der Waals surface area contributed by atoms with E-state index in [0.717, 1.165) is 27.8 Å². The second kappa shape index (κ2) is 4.88. The van der Waals surface area contributed by atoms with Gasteiger partial charge in [-0.3, -0.25) is 0 Å². The van der Waals surface area contributed by atoms with Gasteiger partial charge in [0.1, 0.15) is 11.5 Å². The average molecular weight is 369 g/mol. The van der Waals surface area contributed by atoms with Crippen molar-refractivity contribution in [2.24, 2.45) is 0 Å². The van der Waals surface area contributed by atoms with Gasteiger partial charge in [0.2, 0.25) is 0 Å². The summed E-state index contributed by atoms with van der Waals surface area (Å²) in [6.45, 7) is 8.63. The minimum atomic E-state index is -0.515. The van der Waals surface area contributed by atoms with Gasteiger partial charge in [-0.1, -0.05) is 12.2 Å². The molecule has 1 aromatic carbocycles. The van der Waals surface area contributed by atoms with E-state index in [-0.39, 0.29) is 11.8 Å². The van der Waals surface area contributed by atoms with Gasteiger partial charge in [-0.05, 0) is 54.1 Å². The first kappa shape index (κ1) is 14.7. The van der Waals surface area contributed by atoms with Gasteiger partial charge in [0.25, 0.3) is 0 Å². The second-order valence-corrected chi connectivity index (χ2v) is 7.11. The standard InChI is InChI=1S/C15H17BrN2O2S/c1-8(2)7-18-14(21)17-12-6-15(18,3)20-13-10(12)4-9(19)5-11(13)16/h4-5,12,19H,1,6-7H2,2-3H3,(H,17,21). The lowest BCUT2D eigenvalue weighted by Gasteiger charge is -2.52. The Hall–Kier alpha value is -1.27. The van der Waals surface area contributed by atoms with E-state index in [2.05, 4.69) is 27.8 Å². The third-order valence-electron chi connectivity index (χ3n) is 3.88. The zero-order valence-corrected chi connectivity index (χ0v) is 14.3. The van der Waals surface area contributed by atoms with E-state index in [4.69, 9.17) is 17.0 Å². The molecule has 2 heterocycles. The summed E-state index contributed by atoms with van der Waals surface area (Å²) in [5.74, 6) is 0.971. The third-order valence-corrected chi connectivity index (χ3v) is 4.81. The number of phenolic OH excluding ortho intramolecular Hbond substituents is 1. The van der Waals surface area contributed by atoms with E-state index in [0.29, 0.717) is 11.7 Å². The van der Waals surface area contributed by atoms with Gasteiger partial charge in [0, 0.05) is 18.5 Å². The van der Waals surface area contributed by atoms with Gasteiger partial charge >= 0.3 is 0 Å². The number of hydrogen-bond acceptors (Lipinski definition) is 3. The molecule has 0 aliphatic carbocycles. The molecule has 0 saturated carbocycles. The van der Waals surface area contributed by atoms with Gasteiger partial charge < -0.3 is 20.1 Å². The highest BCUT2D eigenvalue weighted by Crippen LogP contribution is 2.48. The Kier molecular flexibility index (Phi) is 3.41. The molecular formula is C15H17BrN2O2S. The molecule has 21 heavy (non-hydrogen) atoms. The number of rotatable bonds is 2. The minimum Gasteiger partial charge on any atom is -0.508 e. The zero-order chi connectivity index (χ0) is 15.4. The summed E-state index contributed by atoms with van der Waals surface area (Å²) in [4.78, 5) is 2.03. The van der Waals surface area contributed by atoms with Crippen molar-refractivity contribution >= 4 is 33.3 Å². The number of thiocarbonyl (C=S) groups is 1. The van der Waals surface area contributed by atoms with Crippen molar-refractivity contribution < 1.29 is 9.84 Å². The Labute approximate surface area is 137 Å². The topological polar surface area (TPSA) is 44.7 Å². The maximum atomic E-state index is 9.80. The van der Waals surface area contributed by atoms with Crippen LogP contribution in [-0.4, -0.2) is 27.4 Å². The Morgan fingerprint density at radius 3 is 3.05 bits per heavy atom. The summed E-state index contributed by atoms with van der Waals surface area (Å²) in [5.41, 5.74) is 1.44. The van der Waals surface area contributed by atoms with Crippen molar-refractivity contribution in [2.45, 2.75) is 32.0 Å². The number of fused-ring (bicyclic) bond motifs is 4. The molecule has 0 spiro atoms.